The van der Waals surface area contributed by atoms with E-state index in [4.69, 9.17) is 9.62 Å². The summed E-state index contributed by atoms with van der Waals surface area (Å²) in [6.45, 7) is 1.65. The Labute approximate surface area is 161 Å². The maximum absolute atomic E-state index is 11.0. The highest BCUT2D eigenvalue weighted by Gasteiger charge is 2.06. The van der Waals surface area contributed by atoms with Gasteiger partial charge in [0.2, 0.25) is 5.71 Å². The number of amides is 1. The molecule has 0 aliphatic rings. The van der Waals surface area contributed by atoms with Crippen LogP contribution in [0, 0.1) is 0 Å². The molecular formula is C22H21N3O3. The minimum Gasteiger partial charge on any atom is -0.448 e. The lowest BCUT2D eigenvalue weighted by Gasteiger charge is -2.06. The van der Waals surface area contributed by atoms with Gasteiger partial charge in [-0.1, -0.05) is 36.4 Å². The summed E-state index contributed by atoms with van der Waals surface area (Å²) >= 11 is 0. The SMILES string of the molecule is O=C(/C=C/c1ccc(CNCCc2ccc3c(c2)[nH]c2occc23)cc1)NO. The largest absolute Gasteiger partial charge is 0.448 e. The van der Waals surface area contributed by atoms with Gasteiger partial charge in [0.25, 0.3) is 5.91 Å². The van der Waals surface area contributed by atoms with Gasteiger partial charge in [-0.2, -0.15) is 0 Å². The number of H-pyrrole nitrogens is 1. The Morgan fingerprint density at radius 3 is 2.71 bits per heavy atom. The molecule has 0 unspecified atom stereocenters. The molecule has 0 atom stereocenters. The van der Waals surface area contributed by atoms with Crippen LogP contribution in [-0.4, -0.2) is 22.6 Å². The van der Waals surface area contributed by atoms with Crippen molar-refractivity contribution < 1.29 is 14.4 Å². The van der Waals surface area contributed by atoms with Gasteiger partial charge in [-0.25, -0.2) is 5.48 Å². The summed E-state index contributed by atoms with van der Waals surface area (Å²) in [6.07, 6.45) is 5.57. The van der Waals surface area contributed by atoms with Crippen molar-refractivity contribution in [3.05, 3.63) is 77.6 Å². The quantitative estimate of drug-likeness (QED) is 0.171. The van der Waals surface area contributed by atoms with E-state index in [2.05, 4.69) is 28.5 Å². The predicted octanol–water partition coefficient (Wildman–Crippen LogP) is 3.77. The zero-order valence-corrected chi connectivity index (χ0v) is 15.2. The maximum Gasteiger partial charge on any atom is 0.267 e. The number of carbonyl (C=O) groups excluding carboxylic acids is 1. The number of hydrogen-bond donors (Lipinski definition) is 4. The second-order valence-electron chi connectivity index (χ2n) is 6.65. The highest BCUT2D eigenvalue weighted by atomic mass is 16.5. The lowest BCUT2D eigenvalue weighted by molar-refractivity contribution is -0.124. The number of fused-ring (bicyclic) bond motifs is 3. The van der Waals surface area contributed by atoms with Crippen LogP contribution in [-0.2, 0) is 17.8 Å². The summed E-state index contributed by atoms with van der Waals surface area (Å²) in [6, 6.07) is 16.4. The van der Waals surface area contributed by atoms with Crippen LogP contribution >= 0.6 is 0 Å². The Morgan fingerprint density at radius 1 is 1.07 bits per heavy atom. The van der Waals surface area contributed by atoms with E-state index >= 15 is 0 Å². The van der Waals surface area contributed by atoms with Gasteiger partial charge in [-0.3, -0.25) is 10.0 Å². The standard InChI is InChI=1S/C22H21N3O3/c26-21(25-27)8-6-15-1-3-17(4-2-15)14-23-11-9-16-5-7-18-19-10-12-28-22(19)24-20(18)13-16/h1-8,10,12-13,23-24,27H,9,11,14H2,(H,25,26)/b8-6+. The molecule has 2 aromatic heterocycles. The molecule has 2 heterocycles. The van der Waals surface area contributed by atoms with Crippen molar-refractivity contribution in [1.82, 2.24) is 15.8 Å². The second kappa shape index (κ2) is 8.12. The average Bonchev–Trinajstić information content (AvgIpc) is 3.31. The molecule has 0 bridgehead atoms. The molecule has 2 aromatic carbocycles. The Balaban J connectivity index is 1.29. The van der Waals surface area contributed by atoms with Crippen LogP contribution in [0.25, 0.3) is 28.1 Å². The van der Waals surface area contributed by atoms with Gasteiger partial charge >= 0.3 is 0 Å². The van der Waals surface area contributed by atoms with Crippen LogP contribution in [0.5, 0.6) is 0 Å². The van der Waals surface area contributed by atoms with E-state index in [1.807, 2.05) is 30.3 Å². The fraction of sp³-hybridized carbons (Fsp3) is 0.136. The second-order valence-corrected chi connectivity index (χ2v) is 6.65. The number of hydroxylamine groups is 1. The summed E-state index contributed by atoms with van der Waals surface area (Å²) in [7, 11) is 0. The van der Waals surface area contributed by atoms with Crippen molar-refractivity contribution in [2.45, 2.75) is 13.0 Å². The summed E-state index contributed by atoms with van der Waals surface area (Å²) in [5.74, 6) is -0.545. The van der Waals surface area contributed by atoms with Crippen LogP contribution < -0.4 is 10.8 Å². The third-order valence-electron chi connectivity index (χ3n) is 4.72. The van der Waals surface area contributed by atoms with Gasteiger partial charge in [0, 0.05) is 28.9 Å². The molecule has 4 N–H and O–H groups in total. The van der Waals surface area contributed by atoms with Crippen molar-refractivity contribution in [3.63, 3.8) is 0 Å². The summed E-state index contributed by atoms with van der Waals surface area (Å²) in [4.78, 5) is 14.3. The number of aromatic nitrogens is 1. The van der Waals surface area contributed by atoms with E-state index in [1.54, 1.807) is 17.8 Å². The van der Waals surface area contributed by atoms with Crippen molar-refractivity contribution in [2.24, 2.45) is 0 Å². The van der Waals surface area contributed by atoms with E-state index in [0.717, 1.165) is 41.7 Å². The van der Waals surface area contributed by atoms with Gasteiger partial charge in [0.1, 0.15) is 0 Å². The van der Waals surface area contributed by atoms with Crippen LogP contribution in [0.3, 0.4) is 0 Å². The first-order valence-electron chi connectivity index (χ1n) is 9.12. The Hall–Kier alpha value is -3.35. The smallest absolute Gasteiger partial charge is 0.267 e. The molecule has 142 valence electrons. The molecule has 0 aliphatic heterocycles. The fourth-order valence-electron chi connectivity index (χ4n) is 3.25. The Morgan fingerprint density at radius 2 is 1.89 bits per heavy atom. The Kier molecular flexibility index (Phi) is 5.23. The predicted molar refractivity (Wildman–Crippen MR) is 109 cm³/mol. The first-order chi connectivity index (χ1) is 13.7. The van der Waals surface area contributed by atoms with Crippen LogP contribution in [0.2, 0.25) is 0 Å². The maximum atomic E-state index is 11.0. The molecule has 0 aliphatic carbocycles. The number of nitrogens with one attached hydrogen (secondary N) is 3. The molecule has 0 fully saturated rings. The van der Waals surface area contributed by atoms with Crippen molar-refractivity contribution in [1.29, 1.82) is 0 Å². The first kappa shape index (κ1) is 18.0. The van der Waals surface area contributed by atoms with Gasteiger partial charge in [0.05, 0.1) is 6.26 Å². The molecular weight excluding hydrogens is 354 g/mol. The zero-order valence-electron chi connectivity index (χ0n) is 15.2. The van der Waals surface area contributed by atoms with E-state index in [1.165, 1.54) is 22.6 Å². The minimum absolute atomic E-state index is 0.545. The molecule has 0 radical (unpaired) electrons. The third kappa shape index (κ3) is 3.98. The first-order valence-corrected chi connectivity index (χ1v) is 9.12. The molecule has 0 spiro atoms. The normalized spacial score (nSPS) is 11.6. The molecule has 6 heteroatoms. The van der Waals surface area contributed by atoms with Gasteiger partial charge in [-0.15, -0.1) is 0 Å². The number of aromatic amines is 1. The molecule has 28 heavy (non-hydrogen) atoms. The van der Waals surface area contributed by atoms with E-state index in [0.29, 0.717) is 0 Å². The summed E-state index contributed by atoms with van der Waals surface area (Å²) in [5, 5.41) is 14.2. The number of rotatable bonds is 7. The average molecular weight is 375 g/mol. The number of carbonyl (C=O) groups is 1. The van der Waals surface area contributed by atoms with Crippen LogP contribution in [0.15, 0.2) is 65.3 Å². The third-order valence-corrected chi connectivity index (χ3v) is 4.72. The number of furan rings is 1. The number of benzene rings is 2. The van der Waals surface area contributed by atoms with Crippen molar-refractivity contribution in [3.8, 4) is 0 Å². The molecule has 0 saturated carbocycles. The summed E-state index contributed by atoms with van der Waals surface area (Å²) < 4.78 is 5.43. The van der Waals surface area contributed by atoms with Gasteiger partial charge in [-0.05, 0) is 47.9 Å². The van der Waals surface area contributed by atoms with Crippen LogP contribution in [0.4, 0.5) is 0 Å². The number of hydrogen-bond acceptors (Lipinski definition) is 4. The molecule has 4 aromatic rings. The molecule has 1 amide bonds. The lowest BCUT2D eigenvalue weighted by atomic mass is 10.1. The molecule has 4 rings (SSSR count). The van der Waals surface area contributed by atoms with Crippen molar-refractivity contribution >= 4 is 34.0 Å². The fourth-order valence-corrected chi connectivity index (χ4v) is 3.25. The van der Waals surface area contributed by atoms with E-state index < -0.39 is 5.91 Å². The lowest BCUT2D eigenvalue weighted by Crippen LogP contribution is -2.16. The van der Waals surface area contributed by atoms with Crippen LogP contribution in [0.1, 0.15) is 16.7 Å². The summed E-state index contributed by atoms with van der Waals surface area (Å²) in [5.41, 5.74) is 6.83. The van der Waals surface area contributed by atoms with E-state index in [-0.39, 0.29) is 0 Å². The molecule has 6 nitrogen and oxygen atoms in total. The minimum atomic E-state index is -0.545. The highest BCUT2D eigenvalue weighted by Crippen LogP contribution is 2.26. The van der Waals surface area contributed by atoms with Gasteiger partial charge < -0.3 is 14.7 Å². The van der Waals surface area contributed by atoms with Crippen molar-refractivity contribution in [2.75, 3.05) is 6.54 Å². The van der Waals surface area contributed by atoms with Gasteiger partial charge in [0.15, 0.2) is 0 Å². The zero-order chi connectivity index (χ0) is 19.3. The highest BCUT2D eigenvalue weighted by molar-refractivity contribution is 6.05. The Bertz CT molecular complexity index is 1120. The molecule has 0 saturated heterocycles. The van der Waals surface area contributed by atoms with E-state index in [9.17, 15) is 4.79 Å². The topological polar surface area (TPSA) is 90.3 Å². The monoisotopic (exact) mass is 375 g/mol.